The average molecular weight is 779 g/mol. The minimum Gasteiger partial charge on any atom is -0.460 e. The van der Waals surface area contributed by atoms with Crippen LogP contribution in [-0.4, -0.2) is 191 Å². The van der Waals surface area contributed by atoms with Crippen LogP contribution in [0, 0.1) is 0 Å². The lowest BCUT2D eigenvalue weighted by Gasteiger charge is -2.09. The average Bonchev–Trinajstić information content (AvgIpc) is 3.19. The van der Waals surface area contributed by atoms with Crippen LogP contribution in [0.1, 0.15) is 30.1 Å². The van der Waals surface area contributed by atoms with E-state index in [0.717, 1.165) is 31.6 Å². The van der Waals surface area contributed by atoms with Gasteiger partial charge in [0.25, 0.3) is 0 Å². The summed E-state index contributed by atoms with van der Waals surface area (Å²) >= 11 is 0. The van der Waals surface area contributed by atoms with Gasteiger partial charge in [-0.25, -0.2) is 4.79 Å². The third kappa shape index (κ3) is 35.7. The van der Waals surface area contributed by atoms with E-state index in [-0.39, 0.29) is 12.6 Å². The van der Waals surface area contributed by atoms with E-state index < -0.39 is 0 Å². The molecule has 16 heteroatoms. The number of esters is 1. The minimum atomic E-state index is -0.362. The van der Waals surface area contributed by atoms with Crippen LogP contribution in [0.5, 0.6) is 0 Å². The summed E-state index contributed by atoms with van der Waals surface area (Å²) in [6, 6.07) is 7.29. The molecule has 1 aromatic carbocycles. The number of carbonyl (C=O) groups is 1. The second kappa shape index (κ2) is 42.1. The second-order valence-electron chi connectivity index (χ2n) is 11.4. The first-order chi connectivity index (χ1) is 26.8. The van der Waals surface area contributed by atoms with Gasteiger partial charge in [-0.15, -0.1) is 0 Å². The van der Waals surface area contributed by atoms with Crippen molar-refractivity contribution in [1.82, 2.24) is 5.32 Å². The number of unbranched alkanes of at least 4 members (excludes halogenated alkanes) is 1. The summed E-state index contributed by atoms with van der Waals surface area (Å²) < 4.78 is 70.8. The van der Waals surface area contributed by atoms with Gasteiger partial charge in [-0.3, -0.25) is 0 Å². The Balaban J connectivity index is 1.67. The molecule has 16 nitrogen and oxygen atoms in total. The predicted molar refractivity (Wildman–Crippen MR) is 204 cm³/mol. The molecule has 1 aromatic rings. The third-order valence-corrected chi connectivity index (χ3v) is 7.03. The van der Waals surface area contributed by atoms with Gasteiger partial charge < -0.3 is 72.2 Å². The van der Waals surface area contributed by atoms with E-state index in [1.54, 1.807) is 12.1 Å². The van der Waals surface area contributed by atoms with Crippen molar-refractivity contribution < 1.29 is 66.4 Å². The molecule has 0 heterocycles. The van der Waals surface area contributed by atoms with Crippen LogP contribution in [0.25, 0.3) is 0 Å². The van der Waals surface area contributed by atoms with E-state index >= 15 is 0 Å². The van der Waals surface area contributed by atoms with Crippen molar-refractivity contribution in [3.05, 3.63) is 29.8 Å². The largest absolute Gasteiger partial charge is 0.460 e. The molecule has 0 saturated heterocycles. The quantitative estimate of drug-likeness (QED) is 0.0734. The Bertz CT molecular complexity index is 903. The number of benzene rings is 1. The fourth-order valence-corrected chi connectivity index (χ4v) is 4.11. The van der Waals surface area contributed by atoms with Crippen molar-refractivity contribution in [2.75, 3.05) is 191 Å². The number of likely N-dealkylation sites (N-methyl/N-ethyl adjacent to an activating group) is 1. The van der Waals surface area contributed by atoms with Crippen LogP contribution in [-0.2, 0) is 61.6 Å². The van der Waals surface area contributed by atoms with Crippen molar-refractivity contribution in [2.24, 2.45) is 0 Å². The molecule has 0 bridgehead atoms. The van der Waals surface area contributed by atoms with Gasteiger partial charge in [0.2, 0.25) is 0 Å². The standard InChI is InChI=1S/C38H70N2O14/c1-3-4-9-40-37-7-5-36(6-8-37)38(41)54-35-34-53-33-32-52-31-30-51-29-28-50-27-26-49-25-24-48-23-22-47-21-20-46-19-18-45-17-16-44-15-14-43-13-12-42-11-10-39-2/h5-8,39-40H,3-4,9-35H2,1-2H3. The monoisotopic (exact) mass is 778 g/mol. The van der Waals surface area contributed by atoms with Gasteiger partial charge in [-0.2, -0.15) is 0 Å². The highest BCUT2D eigenvalue weighted by molar-refractivity contribution is 5.89. The van der Waals surface area contributed by atoms with Crippen molar-refractivity contribution in [2.45, 2.75) is 19.8 Å². The number of anilines is 1. The normalized spacial score (nSPS) is 11.4. The van der Waals surface area contributed by atoms with E-state index in [4.69, 9.17) is 61.6 Å². The first kappa shape index (κ1) is 50.0. The molecule has 0 unspecified atom stereocenters. The molecule has 2 N–H and O–H groups in total. The van der Waals surface area contributed by atoms with Gasteiger partial charge >= 0.3 is 5.97 Å². The van der Waals surface area contributed by atoms with E-state index in [1.807, 2.05) is 19.2 Å². The highest BCUT2D eigenvalue weighted by atomic mass is 16.6. The van der Waals surface area contributed by atoms with Crippen LogP contribution in [0.3, 0.4) is 0 Å². The van der Waals surface area contributed by atoms with Crippen LogP contribution >= 0.6 is 0 Å². The Hall–Kier alpha value is -2.03. The predicted octanol–water partition coefficient (Wildman–Crippen LogP) is 2.47. The van der Waals surface area contributed by atoms with Gasteiger partial charge in [0.05, 0.1) is 164 Å². The zero-order valence-electron chi connectivity index (χ0n) is 33.0. The smallest absolute Gasteiger partial charge is 0.338 e. The van der Waals surface area contributed by atoms with E-state index in [2.05, 4.69) is 17.6 Å². The summed E-state index contributed by atoms with van der Waals surface area (Å²) in [5.41, 5.74) is 1.51. The van der Waals surface area contributed by atoms with Gasteiger partial charge in [-0.05, 0) is 37.7 Å². The molecule has 0 saturated carbocycles. The second-order valence-corrected chi connectivity index (χ2v) is 11.4. The number of ether oxygens (including phenoxy) is 13. The highest BCUT2D eigenvalue weighted by Gasteiger charge is 2.07. The SMILES string of the molecule is CCCCNc1ccc(C(=O)OCCOCCOCCOCCOCCOCCOCCOCCOCCOCCOCCOCCOCCNC)cc1. The first-order valence-electron chi connectivity index (χ1n) is 19.4. The van der Waals surface area contributed by atoms with Crippen molar-refractivity contribution in [3.8, 4) is 0 Å². The molecule has 0 aliphatic carbocycles. The molecular weight excluding hydrogens is 708 g/mol. The Morgan fingerprint density at radius 1 is 0.426 bits per heavy atom. The Morgan fingerprint density at radius 2 is 0.722 bits per heavy atom. The molecule has 0 aromatic heterocycles. The number of hydrogen-bond donors (Lipinski definition) is 2. The van der Waals surface area contributed by atoms with E-state index in [9.17, 15) is 4.79 Å². The highest BCUT2D eigenvalue weighted by Crippen LogP contribution is 2.11. The molecule has 0 aliphatic heterocycles. The van der Waals surface area contributed by atoms with Crippen LogP contribution in [0.2, 0.25) is 0 Å². The zero-order valence-corrected chi connectivity index (χ0v) is 33.0. The first-order valence-corrected chi connectivity index (χ1v) is 19.4. The summed E-state index contributed by atoms with van der Waals surface area (Å²) in [6.07, 6.45) is 2.24. The van der Waals surface area contributed by atoms with Gasteiger partial charge in [-0.1, -0.05) is 13.3 Å². The fourth-order valence-electron chi connectivity index (χ4n) is 4.11. The summed E-state index contributed by atoms with van der Waals surface area (Å²) in [4.78, 5) is 12.1. The van der Waals surface area contributed by atoms with Crippen molar-refractivity contribution in [3.63, 3.8) is 0 Å². The van der Waals surface area contributed by atoms with E-state index in [1.165, 1.54) is 0 Å². The summed E-state index contributed by atoms with van der Waals surface area (Å²) in [5, 5.41) is 6.34. The molecular formula is C38H70N2O14. The molecule has 0 fully saturated rings. The summed E-state index contributed by atoms with van der Waals surface area (Å²) in [6.45, 7) is 16.1. The number of hydrogen-bond acceptors (Lipinski definition) is 16. The molecule has 0 aliphatic rings. The van der Waals surface area contributed by atoms with Gasteiger partial charge in [0, 0.05) is 18.8 Å². The van der Waals surface area contributed by atoms with Gasteiger partial charge in [0.1, 0.15) is 6.61 Å². The van der Waals surface area contributed by atoms with Crippen LogP contribution in [0.15, 0.2) is 24.3 Å². The maximum absolute atomic E-state index is 12.1. The molecule has 0 amide bonds. The summed E-state index contributed by atoms with van der Waals surface area (Å²) in [7, 11) is 1.89. The molecule has 0 radical (unpaired) electrons. The zero-order chi connectivity index (χ0) is 38.7. The Labute approximate surface area is 323 Å². The van der Waals surface area contributed by atoms with Crippen LogP contribution < -0.4 is 10.6 Å². The Kier molecular flexibility index (Phi) is 39.0. The van der Waals surface area contributed by atoms with Crippen molar-refractivity contribution >= 4 is 11.7 Å². The Morgan fingerprint density at radius 3 is 1.02 bits per heavy atom. The molecule has 316 valence electrons. The molecule has 54 heavy (non-hydrogen) atoms. The lowest BCUT2D eigenvalue weighted by atomic mass is 10.2. The van der Waals surface area contributed by atoms with E-state index in [0.29, 0.717) is 164 Å². The third-order valence-electron chi connectivity index (χ3n) is 7.03. The topological polar surface area (TPSA) is 161 Å². The lowest BCUT2D eigenvalue weighted by Crippen LogP contribution is -2.17. The maximum atomic E-state index is 12.1. The molecule has 1 rings (SSSR count). The number of carbonyl (C=O) groups excluding carboxylic acids is 1. The number of nitrogens with one attached hydrogen (secondary N) is 2. The van der Waals surface area contributed by atoms with Crippen molar-refractivity contribution in [1.29, 1.82) is 0 Å². The maximum Gasteiger partial charge on any atom is 0.338 e. The summed E-state index contributed by atoms with van der Waals surface area (Å²) in [5.74, 6) is -0.362. The fraction of sp³-hybridized carbons (Fsp3) is 0.816. The minimum absolute atomic E-state index is 0.188. The molecule has 0 spiro atoms. The van der Waals surface area contributed by atoms with Gasteiger partial charge in [0.15, 0.2) is 0 Å². The lowest BCUT2D eigenvalue weighted by molar-refractivity contribution is -0.0287. The molecule has 0 atom stereocenters. The number of rotatable bonds is 44. The van der Waals surface area contributed by atoms with Crippen LogP contribution in [0.4, 0.5) is 5.69 Å².